The van der Waals surface area contributed by atoms with Gasteiger partial charge in [0.2, 0.25) is 5.75 Å². The molecule has 0 radical (unpaired) electrons. The van der Waals surface area contributed by atoms with Crippen LogP contribution in [0.4, 0.5) is 0 Å². The summed E-state index contributed by atoms with van der Waals surface area (Å²) in [6, 6.07) is 1.06. The summed E-state index contributed by atoms with van der Waals surface area (Å²) in [6.45, 7) is -0.583. The van der Waals surface area contributed by atoms with Gasteiger partial charge >= 0.3 is 5.97 Å². The number of methoxy groups -OCH3 is 1. The molecule has 2 aliphatic rings. The molecule has 0 saturated carbocycles. The van der Waals surface area contributed by atoms with Gasteiger partial charge in [0.15, 0.2) is 17.6 Å². The summed E-state index contributed by atoms with van der Waals surface area (Å²) in [5.41, 5.74) is -0.187. The lowest BCUT2D eigenvalue weighted by atomic mass is 9.86. The maximum Gasteiger partial charge on any atom is 0.339 e. The van der Waals surface area contributed by atoms with Gasteiger partial charge in [-0.25, -0.2) is 4.79 Å². The van der Waals surface area contributed by atoms with Crippen LogP contribution in [0.25, 0.3) is 0 Å². The minimum Gasteiger partial charge on any atom is -0.504 e. The summed E-state index contributed by atoms with van der Waals surface area (Å²) in [4.78, 5) is 12.1. The number of aromatic hydroxyl groups is 2. The fraction of sp³-hybridized carbons (Fsp3) is 0.500. The molecule has 5 N–H and O–H groups in total. The molecule has 0 aliphatic carbocycles. The first-order valence-corrected chi connectivity index (χ1v) is 6.87. The Morgan fingerprint density at radius 2 is 1.96 bits per heavy atom. The molecule has 126 valence electrons. The van der Waals surface area contributed by atoms with E-state index in [1.165, 1.54) is 7.11 Å². The normalized spacial score (nSPS) is 32.7. The van der Waals surface area contributed by atoms with Crippen LogP contribution in [-0.4, -0.2) is 69.6 Å². The number of benzene rings is 1. The molecule has 1 aromatic rings. The second kappa shape index (κ2) is 5.53. The third kappa shape index (κ3) is 2.20. The third-order valence-electron chi connectivity index (χ3n) is 4.09. The van der Waals surface area contributed by atoms with Crippen molar-refractivity contribution in [2.75, 3.05) is 13.7 Å². The average Bonchev–Trinajstić information content (AvgIpc) is 2.52. The van der Waals surface area contributed by atoms with E-state index in [1.54, 1.807) is 0 Å². The van der Waals surface area contributed by atoms with Gasteiger partial charge in [-0.15, -0.1) is 0 Å². The molecule has 1 fully saturated rings. The lowest BCUT2D eigenvalue weighted by molar-refractivity contribution is -0.235. The van der Waals surface area contributed by atoms with Gasteiger partial charge in [-0.05, 0) is 6.07 Å². The summed E-state index contributed by atoms with van der Waals surface area (Å²) in [5, 5.41) is 49.3. The van der Waals surface area contributed by atoms with Gasteiger partial charge in [-0.3, -0.25) is 0 Å². The van der Waals surface area contributed by atoms with Gasteiger partial charge in [0.05, 0.1) is 19.3 Å². The van der Waals surface area contributed by atoms with Crippen molar-refractivity contribution in [3.63, 3.8) is 0 Å². The number of esters is 1. The highest BCUT2D eigenvalue weighted by Gasteiger charge is 2.52. The number of aliphatic hydroxyl groups is 3. The first kappa shape index (κ1) is 15.8. The standard InChI is InChI=1S/C14H16O9/c1-21-11-5(16)2-4-7(9(11)18)12-13(23-14(4)20)10(19)8(17)6(3-15)22-12/h2,6,8,10,12-13,15-19H,3H2,1H3/t6-,8+,10+,12?,13-/m1/s1. The van der Waals surface area contributed by atoms with Crippen LogP contribution in [0.15, 0.2) is 6.07 Å². The molecular weight excluding hydrogens is 312 g/mol. The molecular formula is C14H16O9. The van der Waals surface area contributed by atoms with E-state index in [0.29, 0.717) is 0 Å². The number of hydrogen-bond donors (Lipinski definition) is 5. The SMILES string of the molecule is COc1c(O)cc2c(c1O)C1O[C@H](CO)[C@H](O)[C@H](O)[C@H]1OC2=O. The van der Waals surface area contributed by atoms with E-state index in [4.69, 9.17) is 14.2 Å². The number of hydrogen-bond acceptors (Lipinski definition) is 9. The number of ether oxygens (including phenoxy) is 3. The molecule has 2 aliphatic heterocycles. The van der Waals surface area contributed by atoms with E-state index >= 15 is 0 Å². The zero-order valence-corrected chi connectivity index (χ0v) is 12.0. The lowest BCUT2D eigenvalue weighted by Gasteiger charge is -2.44. The van der Waals surface area contributed by atoms with E-state index in [9.17, 15) is 30.3 Å². The summed E-state index contributed by atoms with van der Waals surface area (Å²) in [6.07, 6.45) is -6.50. The molecule has 1 unspecified atom stereocenters. The summed E-state index contributed by atoms with van der Waals surface area (Å²) in [7, 11) is 1.22. The molecule has 0 aromatic heterocycles. The molecule has 0 bridgehead atoms. The molecule has 0 amide bonds. The number of fused-ring (bicyclic) bond motifs is 3. The van der Waals surface area contributed by atoms with Gasteiger partial charge in [-0.1, -0.05) is 0 Å². The molecule has 1 aromatic carbocycles. The number of carbonyl (C=O) groups is 1. The Kier molecular flexibility index (Phi) is 3.80. The van der Waals surface area contributed by atoms with Crippen molar-refractivity contribution in [2.45, 2.75) is 30.5 Å². The number of aliphatic hydroxyl groups excluding tert-OH is 3. The van der Waals surface area contributed by atoms with Crippen LogP contribution in [-0.2, 0) is 9.47 Å². The Balaban J connectivity index is 2.16. The van der Waals surface area contributed by atoms with E-state index in [-0.39, 0.29) is 16.9 Å². The van der Waals surface area contributed by atoms with Crippen molar-refractivity contribution in [1.82, 2.24) is 0 Å². The maximum atomic E-state index is 12.1. The van der Waals surface area contributed by atoms with Gasteiger partial charge in [0, 0.05) is 5.56 Å². The van der Waals surface area contributed by atoms with E-state index in [1.807, 2.05) is 0 Å². The highest BCUT2D eigenvalue weighted by molar-refractivity contribution is 5.95. The minimum atomic E-state index is -1.51. The Hall–Kier alpha value is -2.07. The number of phenols is 2. The topological polar surface area (TPSA) is 146 Å². The summed E-state index contributed by atoms with van der Waals surface area (Å²) < 4.78 is 15.4. The van der Waals surface area contributed by atoms with Gasteiger partial charge in [0.1, 0.15) is 24.4 Å². The second-order valence-electron chi connectivity index (χ2n) is 5.37. The van der Waals surface area contributed by atoms with Crippen LogP contribution in [0.1, 0.15) is 22.0 Å². The van der Waals surface area contributed by atoms with Gasteiger partial charge < -0.3 is 39.7 Å². The Morgan fingerprint density at radius 1 is 1.26 bits per heavy atom. The van der Waals surface area contributed by atoms with E-state index in [0.717, 1.165) is 6.07 Å². The van der Waals surface area contributed by atoms with E-state index < -0.39 is 54.6 Å². The molecule has 9 nitrogen and oxygen atoms in total. The second-order valence-corrected chi connectivity index (χ2v) is 5.37. The largest absolute Gasteiger partial charge is 0.504 e. The van der Waals surface area contributed by atoms with Crippen LogP contribution in [0, 0.1) is 0 Å². The molecule has 9 heteroatoms. The molecule has 0 spiro atoms. The van der Waals surface area contributed by atoms with Crippen molar-refractivity contribution in [3.05, 3.63) is 17.2 Å². The van der Waals surface area contributed by atoms with Crippen LogP contribution >= 0.6 is 0 Å². The quantitative estimate of drug-likeness (QED) is 0.422. The van der Waals surface area contributed by atoms with Gasteiger partial charge in [0.25, 0.3) is 0 Å². The molecule has 1 saturated heterocycles. The van der Waals surface area contributed by atoms with E-state index in [2.05, 4.69) is 0 Å². The smallest absolute Gasteiger partial charge is 0.339 e. The number of carbonyl (C=O) groups excluding carboxylic acids is 1. The predicted octanol–water partition coefficient (Wildman–Crippen LogP) is -1.20. The summed E-state index contributed by atoms with van der Waals surface area (Å²) >= 11 is 0. The monoisotopic (exact) mass is 328 g/mol. The van der Waals surface area contributed by atoms with Crippen molar-refractivity contribution in [1.29, 1.82) is 0 Å². The highest BCUT2D eigenvalue weighted by atomic mass is 16.6. The molecule has 3 rings (SSSR count). The first-order chi connectivity index (χ1) is 10.9. The van der Waals surface area contributed by atoms with Crippen LogP contribution in [0.5, 0.6) is 17.2 Å². The van der Waals surface area contributed by atoms with Gasteiger partial charge in [-0.2, -0.15) is 0 Å². The molecule has 5 atom stereocenters. The fourth-order valence-corrected chi connectivity index (χ4v) is 2.95. The van der Waals surface area contributed by atoms with Crippen molar-refractivity contribution < 1.29 is 44.5 Å². The molecule has 23 heavy (non-hydrogen) atoms. The number of rotatable bonds is 2. The maximum absolute atomic E-state index is 12.1. The zero-order chi connectivity index (χ0) is 16.9. The first-order valence-electron chi connectivity index (χ1n) is 6.87. The predicted molar refractivity (Wildman–Crippen MR) is 72.2 cm³/mol. The van der Waals surface area contributed by atoms with Crippen LogP contribution < -0.4 is 4.74 Å². The van der Waals surface area contributed by atoms with Crippen molar-refractivity contribution in [3.8, 4) is 17.2 Å². The number of phenolic OH excluding ortho intramolecular Hbond substituents is 2. The summed E-state index contributed by atoms with van der Waals surface area (Å²) in [5.74, 6) is -2.16. The van der Waals surface area contributed by atoms with Crippen LogP contribution in [0.2, 0.25) is 0 Å². The Labute approximate surface area is 130 Å². The Morgan fingerprint density at radius 3 is 2.57 bits per heavy atom. The van der Waals surface area contributed by atoms with Crippen molar-refractivity contribution in [2.24, 2.45) is 0 Å². The van der Waals surface area contributed by atoms with Crippen molar-refractivity contribution >= 4 is 5.97 Å². The third-order valence-corrected chi connectivity index (χ3v) is 4.09. The Bertz CT molecular complexity index is 644. The van der Waals surface area contributed by atoms with Crippen LogP contribution in [0.3, 0.4) is 0 Å². The lowest BCUT2D eigenvalue weighted by Crippen LogP contribution is -2.58. The molecule has 2 heterocycles. The average molecular weight is 328 g/mol. The minimum absolute atomic E-state index is 0.0368. The zero-order valence-electron chi connectivity index (χ0n) is 12.0. The fourth-order valence-electron chi connectivity index (χ4n) is 2.95. The highest BCUT2D eigenvalue weighted by Crippen LogP contribution is 2.49.